The SMILES string of the molecule is Cc1cccc(NC(=O)c2cc(-c3cccnc3)n(-c3ccc(F)cc3)n2)n1. The number of rotatable bonds is 4. The summed E-state index contributed by atoms with van der Waals surface area (Å²) in [5.41, 5.74) is 3.10. The van der Waals surface area contributed by atoms with Crippen LogP contribution in [0.25, 0.3) is 16.9 Å². The molecule has 1 aromatic carbocycles. The number of benzene rings is 1. The van der Waals surface area contributed by atoms with E-state index in [9.17, 15) is 9.18 Å². The summed E-state index contributed by atoms with van der Waals surface area (Å²) in [5.74, 6) is -0.282. The Kier molecular flexibility index (Phi) is 4.63. The van der Waals surface area contributed by atoms with Crippen LogP contribution in [0.1, 0.15) is 16.2 Å². The van der Waals surface area contributed by atoms with Crippen LogP contribution < -0.4 is 5.32 Å². The van der Waals surface area contributed by atoms with Crippen molar-refractivity contribution in [3.05, 3.63) is 90.3 Å². The molecule has 3 heterocycles. The number of nitrogens with one attached hydrogen (secondary N) is 1. The van der Waals surface area contributed by atoms with Crippen LogP contribution in [0.2, 0.25) is 0 Å². The van der Waals surface area contributed by atoms with Gasteiger partial charge < -0.3 is 5.32 Å². The first-order valence-corrected chi connectivity index (χ1v) is 8.61. The molecule has 138 valence electrons. The van der Waals surface area contributed by atoms with Crippen LogP contribution in [0, 0.1) is 12.7 Å². The molecule has 6 nitrogen and oxygen atoms in total. The van der Waals surface area contributed by atoms with Gasteiger partial charge in [-0.1, -0.05) is 6.07 Å². The highest BCUT2D eigenvalue weighted by atomic mass is 19.1. The summed E-state index contributed by atoms with van der Waals surface area (Å²) in [6, 6.07) is 16.6. The van der Waals surface area contributed by atoms with Gasteiger partial charge in [0.2, 0.25) is 0 Å². The van der Waals surface area contributed by atoms with Crippen LogP contribution in [0.5, 0.6) is 0 Å². The maximum atomic E-state index is 13.3. The molecule has 0 atom stereocenters. The van der Waals surface area contributed by atoms with Crippen LogP contribution >= 0.6 is 0 Å². The van der Waals surface area contributed by atoms with E-state index < -0.39 is 0 Å². The van der Waals surface area contributed by atoms with Gasteiger partial charge >= 0.3 is 0 Å². The van der Waals surface area contributed by atoms with Crippen LogP contribution in [-0.2, 0) is 0 Å². The molecule has 0 unspecified atom stereocenters. The molecule has 0 fully saturated rings. The van der Waals surface area contributed by atoms with E-state index in [0.717, 1.165) is 11.3 Å². The lowest BCUT2D eigenvalue weighted by Gasteiger charge is -2.07. The molecule has 4 aromatic rings. The molecule has 4 rings (SSSR count). The van der Waals surface area contributed by atoms with Crippen molar-refractivity contribution in [2.45, 2.75) is 6.92 Å². The molecule has 0 radical (unpaired) electrons. The van der Waals surface area contributed by atoms with E-state index in [2.05, 4.69) is 20.4 Å². The summed E-state index contributed by atoms with van der Waals surface area (Å²) in [5, 5.41) is 7.18. The van der Waals surface area contributed by atoms with E-state index in [-0.39, 0.29) is 17.4 Å². The third-order valence-corrected chi connectivity index (χ3v) is 4.10. The van der Waals surface area contributed by atoms with E-state index in [0.29, 0.717) is 17.2 Å². The quantitative estimate of drug-likeness (QED) is 0.586. The molecule has 28 heavy (non-hydrogen) atoms. The minimum atomic E-state index is -0.385. The lowest BCUT2D eigenvalue weighted by Crippen LogP contribution is -2.14. The standard InChI is InChI=1S/C21H16FN5O/c1-14-4-2-6-20(24-14)25-21(28)18-12-19(15-5-3-11-23-13-15)27(26-18)17-9-7-16(22)8-10-17/h2-13H,1H3,(H,24,25,28). The number of amides is 1. The number of carbonyl (C=O) groups is 1. The minimum absolute atomic E-state index is 0.214. The number of anilines is 1. The van der Waals surface area contributed by atoms with Crippen molar-refractivity contribution in [3.63, 3.8) is 0 Å². The van der Waals surface area contributed by atoms with E-state index in [1.807, 2.05) is 25.1 Å². The molecule has 0 spiro atoms. The number of hydrogen-bond donors (Lipinski definition) is 1. The Hall–Kier alpha value is -3.87. The molecule has 3 aromatic heterocycles. The summed E-state index contributed by atoms with van der Waals surface area (Å²) < 4.78 is 14.9. The second-order valence-corrected chi connectivity index (χ2v) is 6.16. The van der Waals surface area contributed by atoms with Crippen molar-refractivity contribution in [1.82, 2.24) is 19.7 Å². The summed E-state index contributed by atoms with van der Waals surface area (Å²) in [6.07, 6.45) is 3.35. The molecular formula is C21H16FN5O. The number of aromatic nitrogens is 4. The topological polar surface area (TPSA) is 72.7 Å². The maximum absolute atomic E-state index is 13.3. The van der Waals surface area contributed by atoms with Crippen molar-refractivity contribution >= 4 is 11.7 Å². The van der Waals surface area contributed by atoms with Crippen molar-refractivity contribution in [2.24, 2.45) is 0 Å². The third-order valence-electron chi connectivity index (χ3n) is 4.10. The van der Waals surface area contributed by atoms with Gasteiger partial charge in [-0.15, -0.1) is 0 Å². The highest BCUT2D eigenvalue weighted by molar-refractivity contribution is 6.03. The Labute approximate surface area is 160 Å². The molecule has 1 N–H and O–H groups in total. The lowest BCUT2D eigenvalue weighted by molar-refractivity contribution is 0.102. The van der Waals surface area contributed by atoms with Gasteiger partial charge in [-0.2, -0.15) is 5.10 Å². The van der Waals surface area contributed by atoms with Crippen molar-refractivity contribution in [3.8, 4) is 16.9 Å². The van der Waals surface area contributed by atoms with E-state index in [4.69, 9.17) is 0 Å². The summed E-state index contributed by atoms with van der Waals surface area (Å²) in [7, 11) is 0. The Morgan fingerprint density at radius 3 is 2.61 bits per heavy atom. The third kappa shape index (κ3) is 3.64. The molecule has 0 aliphatic carbocycles. The summed E-state index contributed by atoms with van der Waals surface area (Å²) >= 11 is 0. The summed E-state index contributed by atoms with van der Waals surface area (Å²) in [6.45, 7) is 1.85. The highest BCUT2D eigenvalue weighted by Gasteiger charge is 2.17. The lowest BCUT2D eigenvalue weighted by atomic mass is 10.2. The first-order valence-electron chi connectivity index (χ1n) is 8.61. The van der Waals surface area contributed by atoms with Crippen LogP contribution in [-0.4, -0.2) is 25.7 Å². The van der Waals surface area contributed by atoms with Crippen LogP contribution in [0.4, 0.5) is 10.2 Å². The number of carbonyl (C=O) groups excluding carboxylic acids is 1. The Bertz CT molecular complexity index is 1120. The monoisotopic (exact) mass is 373 g/mol. The molecule has 0 aliphatic heterocycles. The van der Waals surface area contributed by atoms with Gasteiger partial charge in [0.15, 0.2) is 5.69 Å². The van der Waals surface area contributed by atoms with Gasteiger partial charge in [0.05, 0.1) is 11.4 Å². The minimum Gasteiger partial charge on any atom is -0.305 e. The summed E-state index contributed by atoms with van der Waals surface area (Å²) in [4.78, 5) is 21.1. The molecule has 0 saturated heterocycles. The van der Waals surface area contributed by atoms with Crippen LogP contribution in [0.15, 0.2) is 73.1 Å². The Morgan fingerprint density at radius 2 is 1.89 bits per heavy atom. The largest absolute Gasteiger partial charge is 0.305 e. The zero-order valence-electron chi connectivity index (χ0n) is 15.0. The van der Waals surface area contributed by atoms with Gasteiger partial charge in [0.1, 0.15) is 11.6 Å². The van der Waals surface area contributed by atoms with Crippen molar-refractivity contribution in [2.75, 3.05) is 5.32 Å². The second kappa shape index (κ2) is 7.40. The predicted octanol–water partition coefficient (Wildman–Crippen LogP) is 4.03. The fraction of sp³-hybridized carbons (Fsp3) is 0.0476. The average Bonchev–Trinajstić information content (AvgIpc) is 3.15. The van der Waals surface area contributed by atoms with Crippen LogP contribution in [0.3, 0.4) is 0 Å². The normalized spacial score (nSPS) is 10.6. The molecule has 0 bridgehead atoms. The van der Waals surface area contributed by atoms with Crippen molar-refractivity contribution < 1.29 is 9.18 Å². The van der Waals surface area contributed by atoms with E-state index in [1.165, 1.54) is 12.1 Å². The smallest absolute Gasteiger partial charge is 0.277 e. The van der Waals surface area contributed by atoms with E-state index in [1.54, 1.807) is 47.4 Å². The number of nitrogens with zero attached hydrogens (tertiary/aromatic N) is 4. The molecule has 7 heteroatoms. The van der Waals surface area contributed by atoms with Gasteiger partial charge in [-0.25, -0.2) is 14.1 Å². The molecular weight excluding hydrogens is 357 g/mol. The molecule has 1 amide bonds. The number of halogens is 1. The maximum Gasteiger partial charge on any atom is 0.277 e. The fourth-order valence-corrected chi connectivity index (χ4v) is 2.78. The van der Waals surface area contributed by atoms with Gasteiger partial charge in [-0.05, 0) is 61.5 Å². The van der Waals surface area contributed by atoms with Gasteiger partial charge in [0.25, 0.3) is 5.91 Å². The van der Waals surface area contributed by atoms with Crippen molar-refractivity contribution in [1.29, 1.82) is 0 Å². The van der Waals surface area contributed by atoms with Gasteiger partial charge in [-0.3, -0.25) is 9.78 Å². The van der Waals surface area contributed by atoms with E-state index >= 15 is 0 Å². The molecule has 0 saturated carbocycles. The second-order valence-electron chi connectivity index (χ2n) is 6.16. The first kappa shape index (κ1) is 17.5. The predicted molar refractivity (Wildman–Crippen MR) is 104 cm³/mol. The number of pyridine rings is 2. The zero-order valence-corrected chi connectivity index (χ0v) is 15.0. The Balaban J connectivity index is 1.74. The Morgan fingerprint density at radius 1 is 1.07 bits per heavy atom. The fourth-order valence-electron chi connectivity index (χ4n) is 2.78. The zero-order chi connectivity index (χ0) is 19.5. The van der Waals surface area contributed by atoms with Gasteiger partial charge in [0, 0.05) is 23.7 Å². The number of hydrogen-bond acceptors (Lipinski definition) is 4. The average molecular weight is 373 g/mol. The first-order chi connectivity index (χ1) is 13.6. The highest BCUT2D eigenvalue weighted by Crippen LogP contribution is 2.24. The molecule has 0 aliphatic rings. The number of aryl methyl sites for hydroxylation is 1.